The first-order chi connectivity index (χ1) is 6.61. The average molecular weight is 200 g/mol. The Hall–Kier alpha value is -1.27. The Kier molecular flexibility index (Phi) is 3.32. The van der Waals surface area contributed by atoms with Crippen molar-refractivity contribution in [1.82, 2.24) is 0 Å². The Balaban J connectivity index is 3.35. The predicted octanol–water partition coefficient (Wildman–Crippen LogP) is -0.477. The van der Waals surface area contributed by atoms with E-state index >= 15 is 0 Å². The summed E-state index contributed by atoms with van der Waals surface area (Å²) in [4.78, 5) is 0. The van der Waals surface area contributed by atoms with Crippen LogP contribution in [0, 0.1) is 5.82 Å². The summed E-state index contributed by atoms with van der Waals surface area (Å²) in [5, 5.41) is 17.8. The quantitative estimate of drug-likeness (QED) is 0.647. The second-order valence-corrected chi connectivity index (χ2v) is 2.57. The molecule has 76 valence electrons. The van der Waals surface area contributed by atoms with Crippen LogP contribution in [0.25, 0.3) is 0 Å². The third-order valence-corrected chi connectivity index (χ3v) is 1.79. The Morgan fingerprint density at radius 1 is 1.21 bits per heavy atom. The van der Waals surface area contributed by atoms with Crippen LogP contribution >= 0.6 is 0 Å². The highest BCUT2D eigenvalue weighted by Crippen LogP contribution is 2.25. The van der Waals surface area contributed by atoms with Crippen LogP contribution in [0.15, 0.2) is 12.1 Å². The van der Waals surface area contributed by atoms with Crippen LogP contribution in [0.4, 0.5) is 4.39 Å². The molecule has 14 heavy (non-hydrogen) atoms. The number of ether oxygens (including phenoxy) is 2. The van der Waals surface area contributed by atoms with Gasteiger partial charge in [-0.3, -0.25) is 0 Å². The van der Waals surface area contributed by atoms with Gasteiger partial charge in [-0.05, 0) is 12.1 Å². The van der Waals surface area contributed by atoms with Crippen molar-refractivity contribution in [2.45, 2.75) is 0 Å². The first-order valence-corrected chi connectivity index (χ1v) is 3.88. The van der Waals surface area contributed by atoms with Crippen molar-refractivity contribution in [3.8, 4) is 11.5 Å². The van der Waals surface area contributed by atoms with Crippen LogP contribution in [0.3, 0.4) is 0 Å². The van der Waals surface area contributed by atoms with Gasteiger partial charge in [-0.2, -0.15) is 0 Å². The molecule has 0 aliphatic heterocycles. The van der Waals surface area contributed by atoms with Crippen molar-refractivity contribution < 1.29 is 23.9 Å². The molecule has 6 heteroatoms. The van der Waals surface area contributed by atoms with Gasteiger partial charge < -0.3 is 19.5 Å². The van der Waals surface area contributed by atoms with E-state index in [1.54, 1.807) is 0 Å². The normalized spacial score (nSPS) is 9.79. The zero-order valence-corrected chi connectivity index (χ0v) is 7.82. The summed E-state index contributed by atoms with van der Waals surface area (Å²) in [6, 6.07) is 2.43. The Labute approximate surface area is 81.0 Å². The third-order valence-electron chi connectivity index (χ3n) is 1.79. The second-order valence-electron chi connectivity index (χ2n) is 2.57. The molecule has 2 N–H and O–H groups in total. The molecule has 0 spiro atoms. The molecule has 1 aromatic carbocycles. The van der Waals surface area contributed by atoms with E-state index in [-0.39, 0.29) is 17.0 Å². The molecule has 0 saturated heterocycles. The summed E-state index contributed by atoms with van der Waals surface area (Å²) in [6.07, 6.45) is 0. The van der Waals surface area contributed by atoms with E-state index in [4.69, 9.17) is 19.5 Å². The van der Waals surface area contributed by atoms with Gasteiger partial charge in [-0.25, -0.2) is 4.39 Å². The zero-order valence-electron chi connectivity index (χ0n) is 7.82. The Bertz CT molecular complexity index is 329. The van der Waals surface area contributed by atoms with Crippen LogP contribution in [-0.2, 0) is 0 Å². The fourth-order valence-electron chi connectivity index (χ4n) is 1.17. The van der Waals surface area contributed by atoms with Gasteiger partial charge in [0.15, 0.2) is 11.5 Å². The van der Waals surface area contributed by atoms with Crippen molar-refractivity contribution >= 4 is 12.6 Å². The number of hydrogen-bond donors (Lipinski definition) is 2. The monoisotopic (exact) mass is 200 g/mol. The van der Waals surface area contributed by atoms with Gasteiger partial charge >= 0.3 is 7.12 Å². The van der Waals surface area contributed by atoms with E-state index in [0.29, 0.717) is 0 Å². The Morgan fingerprint density at radius 2 is 1.86 bits per heavy atom. The lowest BCUT2D eigenvalue weighted by Gasteiger charge is -2.12. The summed E-state index contributed by atoms with van der Waals surface area (Å²) in [6.45, 7) is 0. The fourth-order valence-corrected chi connectivity index (χ4v) is 1.17. The highest BCUT2D eigenvalue weighted by Gasteiger charge is 2.24. The van der Waals surface area contributed by atoms with Gasteiger partial charge in [-0.15, -0.1) is 0 Å². The summed E-state index contributed by atoms with van der Waals surface area (Å²) in [5.74, 6) is -0.517. The molecule has 0 bridgehead atoms. The first-order valence-electron chi connectivity index (χ1n) is 3.88. The van der Waals surface area contributed by atoms with E-state index in [0.717, 1.165) is 6.07 Å². The SMILES string of the molecule is COc1ccc(F)c(B(O)O)c1OC. The summed E-state index contributed by atoms with van der Waals surface area (Å²) < 4.78 is 22.8. The molecular formula is C8H10BFO4. The van der Waals surface area contributed by atoms with Gasteiger partial charge in [0.1, 0.15) is 5.82 Å². The Morgan fingerprint density at radius 3 is 2.29 bits per heavy atom. The smallest absolute Gasteiger partial charge is 0.493 e. The van der Waals surface area contributed by atoms with Crippen molar-refractivity contribution in [3.05, 3.63) is 17.9 Å². The topological polar surface area (TPSA) is 58.9 Å². The molecule has 4 nitrogen and oxygen atoms in total. The zero-order chi connectivity index (χ0) is 10.7. The fraction of sp³-hybridized carbons (Fsp3) is 0.250. The van der Waals surface area contributed by atoms with E-state index in [9.17, 15) is 4.39 Å². The van der Waals surface area contributed by atoms with Crippen LogP contribution < -0.4 is 14.9 Å². The number of methoxy groups -OCH3 is 2. The van der Waals surface area contributed by atoms with Crippen molar-refractivity contribution in [3.63, 3.8) is 0 Å². The van der Waals surface area contributed by atoms with E-state index < -0.39 is 12.9 Å². The lowest BCUT2D eigenvalue weighted by atomic mass is 9.79. The minimum absolute atomic E-state index is 0.0116. The standard InChI is InChI=1S/C8H10BFO4/c1-13-6-4-3-5(10)7(9(11)12)8(6)14-2/h3-4,11-12H,1-2H3. The number of rotatable bonds is 3. The molecule has 0 radical (unpaired) electrons. The predicted molar refractivity (Wildman–Crippen MR) is 49.3 cm³/mol. The van der Waals surface area contributed by atoms with E-state index in [2.05, 4.69) is 0 Å². The van der Waals surface area contributed by atoms with Crippen LogP contribution in [0.1, 0.15) is 0 Å². The number of benzene rings is 1. The van der Waals surface area contributed by atoms with Gasteiger partial charge in [0, 0.05) is 0 Å². The van der Waals surface area contributed by atoms with Gasteiger partial charge in [0.05, 0.1) is 19.7 Å². The van der Waals surface area contributed by atoms with Gasteiger partial charge in [-0.1, -0.05) is 0 Å². The molecule has 0 aliphatic carbocycles. The first kappa shape index (κ1) is 10.8. The highest BCUT2D eigenvalue weighted by atomic mass is 19.1. The maximum absolute atomic E-state index is 13.1. The number of hydrogen-bond acceptors (Lipinski definition) is 4. The van der Waals surface area contributed by atoms with Crippen LogP contribution in [0.2, 0.25) is 0 Å². The second kappa shape index (κ2) is 4.30. The maximum Gasteiger partial charge on any atom is 0.495 e. The molecule has 0 amide bonds. The van der Waals surface area contributed by atoms with Crippen molar-refractivity contribution in [1.29, 1.82) is 0 Å². The summed E-state index contributed by atoms with van der Waals surface area (Å²) in [7, 11) is 0.743. The van der Waals surface area contributed by atoms with Crippen LogP contribution in [-0.4, -0.2) is 31.4 Å². The lowest BCUT2D eigenvalue weighted by molar-refractivity contribution is 0.351. The minimum Gasteiger partial charge on any atom is -0.493 e. The summed E-state index contributed by atoms with van der Waals surface area (Å²) >= 11 is 0. The third kappa shape index (κ3) is 1.81. The molecule has 0 saturated carbocycles. The molecule has 0 atom stereocenters. The minimum atomic E-state index is -1.93. The molecule has 0 fully saturated rings. The molecule has 1 aromatic rings. The lowest BCUT2D eigenvalue weighted by Crippen LogP contribution is -2.34. The molecule has 0 aromatic heterocycles. The molecule has 0 heterocycles. The van der Waals surface area contributed by atoms with E-state index in [1.165, 1.54) is 20.3 Å². The molecular weight excluding hydrogens is 190 g/mol. The largest absolute Gasteiger partial charge is 0.495 e. The maximum atomic E-state index is 13.1. The van der Waals surface area contributed by atoms with E-state index in [1.807, 2.05) is 0 Å². The van der Waals surface area contributed by atoms with Crippen molar-refractivity contribution in [2.24, 2.45) is 0 Å². The number of halogens is 1. The van der Waals surface area contributed by atoms with Gasteiger partial charge in [0.2, 0.25) is 0 Å². The highest BCUT2D eigenvalue weighted by molar-refractivity contribution is 6.60. The van der Waals surface area contributed by atoms with Crippen molar-refractivity contribution in [2.75, 3.05) is 14.2 Å². The average Bonchev–Trinajstić information content (AvgIpc) is 2.16. The molecule has 0 aliphatic rings. The molecule has 1 rings (SSSR count). The van der Waals surface area contributed by atoms with Gasteiger partial charge in [0.25, 0.3) is 0 Å². The van der Waals surface area contributed by atoms with Crippen LogP contribution in [0.5, 0.6) is 11.5 Å². The molecule has 0 unspecified atom stereocenters. The summed E-state index contributed by atoms with van der Waals surface area (Å²) in [5.41, 5.74) is -0.327.